The van der Waals surface area contributed by atoms with Crippen LogP contribution in [0.2, 0.25) is 0 Å². The number of amides is 1. The Kier molecular flexibility index (Phi) is 8.22. The molecule has 0 aromatic rings. The van der Waals surface area contributed by atoms with Gasteiger partial charge in [0.25, 0.3) is 0 Å². The highest BCUT2D eigenvalue weighted by Gasteiger charge is 2.23. The highest BCUT2D eigenvalue weighted by Crippen LogP contribution is 2.11. The lowest BCUT2D eigenvalue weighted by Gasteiger charge is -2.25. The van der Waals surface area contributed by atoms with Gasteiger partial charge in [-0.15, -0.1) is 0 Å². The van der Waals surface area contributed by atoms with Crippen LogP contribution in [0.1, 0.15) is 34.6 Å². The molecule has 0 aliphatic heterocycles. The molecule has 126 valence electrons. The average molecular weight is 315 g/mol. The van der Waals surface area contributed by atoms with Crippen LogP contribution in [0.4, 0.5) is 4.79 Å². The molecular weight excluding hydrogens is 290 g/mol. The summed E-state index contributed by atoms with van der Waals surface area (Å²) in [4.78, 5) is 36.4. The van der Waals surface area contributed by atoms with Crippen LogP contribution in [0, 0.1) is 0 Å². The average Bonchev–Trinajstić information content (AvgIpc) is 2.36. The van der Waals surface area contributed by atoms with Crippen LogP contribution >= 0.6 is 0 Å². The van der Waals surface area contributed by atoms with Crippen LogP contribution in [0.5, 0.6) is 0 Å². The van der Waals surface area contributed by atoms with Gasteiger partial charge in [0.1, 0.15) is 5.60 Å². The van der Waals surface area contributed by atoms with Crippen molar-refractivity contribution in [2.45, 2.75) is 40.2 Å². The van der Waals surface area contributed by atoms with Crippen molar-refractivity contribution in [3.05, 3.63) is 11.6 Å². The minimum Gasteiger partial charge on any atom is -0.463 e. The Labute approximate surface area is 131 Å². The monoisotopic (exact) mass is 315 g/mol. The van der Waals surface area contributed by atoms with Crippen molar-refractivity contribution < 1.29 is 28.6 Å². The number of hydrogen-bond donors (Lipinski definition) is 0. The van der Waals surface area contributed by atoms with Crippen molar-refractivity contribution in [3.8, 4) is 0 Å². The molecule has 0 unspecified atom stereocenters. The summed E-state index contributed by atoms with van der Waals surface area (Å²) in [7, 11) is 1.46. The van der Waals surface area contributed by atoms with E-state index < -0.39 is 23.6 Å². The number of ether oxygens (including phenoxy) is 3. The Morgan fingerprint density at radius 2 is 1.59 bits per heavy atom. The largest absolute Gasteiger partial charge is 0.463 e. The van der Waals surface area contributed by atoms with Crippen LogP contribution in [0.3, 0.4) is 0 Å². The predicted molar refractivity (Wildman–Crippen MR) is 80.2 cm³/mol. The third-order valence-electron chi connectivity index (χ3n) is 2.23. The van der Waals surface area contributed by atoms with Gasteiger partial charge in [-0.2, -0.15) is 0 Å². The van der Waals surface area contributed by atoms with Gasteiger partial charge in [0.15, 0.2) is 0 Å². The zero-order valence-corrected chi connectivity index (χ0v) is 14.1. The quantitative estimate of drug-likeness (QED) is 0.423. The van der Waals surface area contributed by atoms with Crippen molar-refractivity contribution in [1.82, 2.24) is 4.90 Å². The van der Waals surface area contributed by atoms with Crippen molar-refractivity contribution in [3.63, 3.8) is 0 Å². The molecule has 7 nitrogen and oxygen atoms in total. The van der Waals surface area contributed by atoms with Crippen LogP contribution < -0.4 is 0 Å². The fraction of sp³-hybridized carbons (Fsp3) is 0.667. The van der Waals surface area contributed by atoms with E-state index in [4.69, 9.17) is 14.2 Å². The summed E-state index contributed by atoms with van der Waals surface area (Å²) >= 11 is 0. The van der Waals surface area contributed by atoms with Gasteiger partial charge in [-0.25, -0.2) is 14.4 Å². The van der Waals surface area contributed by atoms with Gasteiger partial charge in [0, 0.05) is 13.1 Å². The molecule has 0 aliphatic carbocycles. The fourth-order valence-electron chi connectivity index (χ4n) is 1.38. The minimum absolute atomic E-state index is 0.0219. The van der Waals surface area contributed by atoms with Crippen molar-refractivity contribution >= 4 is 18.0 Å². The Morgan fingerprint density at radius 3 is 2.05 bits per heavy atom. The van der Waals surface area contributed by atoms with Crippen molar-refractivity contribution in [1.29, 1.82) is 0 Å². The highest BCUT2D eigenvalue weighted by atomic mass is 16.6. The molecule has 0 aromatic heterocycles. The number of carbonyl (C=O) groups is 3. The summed E-state index contributed by atoms with van der Waals surface area (Å²) < 4.78 is 14.8. The first kappa shape index (κ1) is 19.9. The second kappa shape index (κ2) is 9.07. The Hall–Kier alpha value is -2.05. The molecule has 0 atom stereocenters. The SMILES string of the molecule is CCOC(=O)/C=C(/CN(C)C(=O)OC(C)(C)C)C(=O)OCC. The molecule has 22 heavy (non-hydrogen) atoms. The maximum atomic E-state index is 11.9. The highest BCUT2D eigenvalue weighted by molar-refractivity contribution is 5.97. The first-order chi connectivity index (χ1) is 10.1. The van der Waals surface area contributed by atoms with Crippen molar-refractivity contribution in [2.75, 3.05) is 26.8 Å². The lowest BCUT2D eigenvalue weighted by atomic mass is 10.2. The van der Waals surface area contributed by atoms with E-state index in [1.807, 2.05) is 0 Å². The Balaban J connectivity index is 5.01. The smallest absolute Gasteiger partial charge is 0.410 e. The van der Waals surface area contributed by atoms with E-state index in [0.29, 0.717) is 0 Å². The van der Waals surface area contributed by atoms with Gasteiger partial charge in [-0.05, 0) is 34.6 Å². The molecule has 0 radical (unpaired) electrons. The number of esters is 2. The molecule has 1 amide bonds. The molecule has 0 fully saturated rings. The lowest BCUT2D eigenvalue weighted by Crippen LogP contribution is -2.36. The topological polar surface area (TPSA) is 82.1 Å². The van der Waals surface area contributed by atoms with Crippen LogP contribution in [0.25, 0.3) is 0 Å². The standard InChI is InChI=1S/C15H25NO6/c1-7-20-12(17)9-11(13(18)21-8-2)10-16(6)14(19)22-15(3,4)5/h9H,7-8,10H2,1-6H3/b11-9-. The van der Waals surface area contributed by atoms with E-state index in [-0.39, 0.29) is 25.3 Å². The molecule has 7 heteroatoms. The molecular formula is C15H25NO6. The Morgan fingerprint density at radius 1 is 1.05 bits per heavy atom. The summed E-state index contributed by atoms with van der Waals surface area (Å²) in [6.07, 6.45) is 0.425. The third kappa shape index (κ3) is 8.28. The molecule has 0 saturated carbocycles. The number of likely N-dealkylation sites (N-methyl/N-ethyl adjacent to an activating group) is 1. The molecule has 0 saturated heterocycles. The van der Waals surface area contributed by atoms with Crippen LogP contribution in [0.15, 0.2) is 11.6 Å². The molecule has 0 bridgehead atoms. The van der Waals surface area contributed by atoms with E-state index in [1.54, 1.807) is 34.6 Å². The van der Waals surface area contributed by atoms with E-state index >= 15 is 0 Å². The normalized spacial score (nSPS) is 11.6. The van der Waals surface area contributed by atoms with Crippen LogP contribution in [-0.2, 0) is 23.8 Å². The van der Waals surface area contributed by atoms with E-state index in [0.717, 1.165) is 6.08 Å². The lowest BCUT2D eigenvalue weighted by molar-refractivity contribution is -0.141. The second-order valence-electron chi connectivity index (χ2n) is 5.48. The molecule has 0 aromatic carbocycles. The van der Waals surface area contributed by atoms with Gasteiger partial charge < -0.3 is 19.1 Å². The predicted octanol–water partition coefficient (Wildman–Crippen LogP) is 1.91. The maximum absolute atomic E-state index is 11.9. The molecule has 0 heterocycles. The van der Waals surface area contributed by atoms with Gasteiger partial charge >= 0.3 is 18.0 Å². The zero-order valence-electron chi connectivity index (χ0n) is 14.1. The number of hydrogen-bond acceptors (Lipinski definition) is 6. The number of carbonyl (C=O) groups excluding carboxylic acids is 3. The Bertz CT molecular complexity index is 436. The minimum atomic E-state index is -0.675. The summed E-state index contributed by atoms with van der Waals surface area (Å²) in [6, 6.07) is 0. The van der Waals surface area contributed by atoms with Gasteiger partial charge in [0.2, 0.25) is 0 Å². The van der Waals surface area contributed by atoms with Gasteiger partial charge in [-0.1, -0.05) is 0 Å². The first-order valence-corrected chi connectivity index (χ1v) is 7.09. The summed E-state index contributed by atoms with van der Waals surface area (Å²) in [5.74, 6) is -1.34. The number of nitrogens with zero attached hydrogens (tertiary/aromatic N) is 1. The summed E-state index contributed by atoms with van der Waals surface area (Å²) in [6.45, 7) is 8.74. The van der Waals surface area contributed by atoms with E-state index in [9.17, 15) is 14.4 Å². The number of rotatable bonds is 6. The second-order valence-corrected chi connectivity index (χ2v) is 5.48. The van der Waals surface area contributed by atoms with Gasteiger partial charge in [-0.3, -0.25) is 0 Å². The summed E-state index contributed by atoms with van der Waals surface area (Å²) in [5, 5.41) is 0. The zero-order chi connectivity index (χ0) is 17.3. The first-order valence-electron chi connectivity index (χ1n) is 7.09. The van der Waals surface area contributed by atoms with Crippen LogP contribution in [-0.4, -0.2) is 55.3 Å². The molecule has 0 spiro atoms. The summed E-state index contributed by atoms with van der Waals surface area (Å²) in [5.41, 5.74) is -0.631. The van der Waals surface area contributed by atoms with E-state index in [1.165, 1.54) is 11.9 Å². The molecule has 0 N–H and O–H groups in total. The maximum Gasteiger partial charge on any atom is 0.410 e. The van der Waals surface area contributed by atoms with Crippen molar-refractivity contribution in [2.24, 2.45) is 0 Å². The third-order valence-corrected chi connectivity index (χ3v) is 2.23. The molecule has 0 aliphatic rings. The van der Waals surface area contributed by atoms with E-state index in [2.05, 4.69) is 0 Å². The fourth-order valence-corrected chi connectivity index (χ4v) is 1.38. The molecule has 0 rings (SSSR count). The van der Waals surface area contributed by atoms with Gasteiger partial charge in [0.05, 0.1) is 25.3 Å².